The van der Waals surface area contributed by atoms with Crippen molar-refractivity contribution in [2.45, 2.75) is 37.3 Å². The number of halogens is 1. The van der Waals surface area contributed by atoms with E-state index in [1.54, 1.807) is 12.1 Å². The third-order valence-electron chi connectivity index (χ3n) is 4.41. The first kappa shape index (κ1) is 18.1. The predicted octanol–water partition coefficient (Wildman–Crippen LogP) is 3.10. The summed E-state index contributed by atoms with van der Waals surface area (Å²) in [7, 11) is 0. The Labute approximate surface area is 156 Å². The molecule has 8 heteroatoms. The van der Waals surface area contributed by atoms with E-state index >= 15 is 0 Å². The minimum atomic E-state index is 0.00613. The van der Waals surface area contributed by atoms with E-state index in [-0.39, 0.29) is 11.7 Å². The normalized spacial score (nSPS) is 15.2. The lowest BCUT2D eigenvalue weighted by atomic mass is 9.89. The lowest BCUT2D eigenvalue weighted by Gasteiger charge is -2.21. The van der Waals surface area contributed by atoms with Gasteiger partial charge in [-0.2, -0.15) is 0 Å². The molecule has 0 aliphatic heterocycles. The quantitative estimate of drug-likeness (QED) is 0.595. The SMILES string of the molecule is Nn1c(SCC(=O)NCC2CCCCC2)nnc1-c1ccc(Cl)cc1. The zero-order valence-corrected chi connectivity index (χ0v) is 15.5. The topological polar surface area (TPSA) is 85.8 Å². The molecule has 1 fully saturated rings. The average molecular weight is 380 g/mol. The summed E-state index contributed by atoms with van der Waals surface area (Å²) in [4.78, 5) is 12.0. The number of thioether (sulfide) groups is 1. The van der Waals surface area contributed by atoms with Crippen molar-refractivity contribution in [2.24, 2.45) is 5.92 Å². The Morgan fingerprint density at radius 1 is 1.24 bits per heavy atom. The fourth-order valence-corrected chi connectivity index (χ4v) is 3.81. The summed E-state index contributed by atoms with van der Waals surface area (Å²) in [5.74, 6) is 7.51. The van der Waals surface area contributed by atoms with E-state index in [0.29, 0.717) is 21.9 Å². The highest BCUT2D eigenvalue weighted by Gasteiger charge is 2.16. The van der Waals surface area contributed by atoms with Crippen molar-refractivity contribution in [2.75, 3.05) is 18.1 Å². The summed E-state index contributed by atoms with van der Waals surface area (Å²) in [6, 6.07) is 7.22. The molecule has 1 heterocycles. The number of rotatable bonds is 6. The van der Waals surface area contributed by atoms with Crippen LogP contribution in [0.15, 0.2) is 29.4 Å². The fraction of sp³-hybridized carbons (Fsp3) is 0.471. The number of aromatic nitrogens is 3. The standard InChI is InChI=1S/C17H22ClN5OS/c18-14-8-6-13(7-9-14)16-21-22-17(23(16)19)25-11-15(24)20-10-12-4-2-1-3-5-12/h6-9,12H,1-5,10-11,19H2,(H,20,24). The molecule has 3 N–H and O–H groups in total. The number of carbonyl (C=O) groups is 1. The first-order valence-electron chi connectivity index (χ1n) is 8.49. The van der Waals surface area contributed by atoms with Crippen LogP contribution < -0.4 is 11.2 Å². The van der Waals surface area contributed by atoms with Gasteiger partial charge < -0.3 is 11.2 Å². The Bertz CT molecular complexity index is 712. The van der Waals surface area contributed by atoms with Gasteiger partial charge >= 0.3 is 0 Å². The smallest absolute Gasteiger partial charge is 0.230 e. The minimum absolute atomic E-state index is 0.00613. The monoisotopic (exact) mass is 379 g/mol. The lowest BCUT2D eigenvalue weighted by Crippen LogP contribution is -2.31. The van der Waals surface area contributed by atoms with Crippen LogP contribution in [0.25, 0.3) is 11.4 Å². The lowest BCUT2D eigenvalue weighted by molar-refractivity contribution is -0.118. The first-order valence-corrected chi connectivity index (χ1v) is 9.86. The first-order chi connectivity index (χ1) is 12.1. The van der Waals surface area contributed by atoms with Gasteiger partial charge in [-0.25, -0.2) is 4.68 Å². The van der Waals surface area contributed by atoms with Gasteiger partial charge in [0.25, 0.3) is 0 Å². The molecule has 0 saturated heterocycles. The predicted molar refractivity (Wildman–Crippen MR) is 101 cm³/mol. The van der Waals surface area contributed by atoms with Crippen molar-refractivity contribution in [3.05, 3.63) is 29.3 Å². The maximum absolute atomic E-state index is 12.0. The third kappa shape index (κ3) is 4.89. The summed E-state index contributed by atoms with van der Waals surface area (Å²) in [6.07, 6.45) is 6.31. The molecular formula is C17H22ClN5OS. The largest absolute Gasteiger partial charge is 0.355 e. The molecule has 134 valence electrons. The molecule has 6 nitrogen and oxygen atoms in total. The van der Waals surface area contributed by atoms with Crippen molar-refractivity contribution in [1.29, 1.82) is 0 Å². The van der Waals surface area contributed by atoms with E-state index < -0.39 is 0 Å². The summed E-state index contributed by atoms with van der Waals surface area (Å²) in [5, 5.41) is 12.4. The molecule has 3 rings (SSSR count). The molecule has 0 bridgehead atoms. The van der Waals surface area contributed by atoms with Crippen molar-refractivity contribution in [3.8, 4) is 11.4 Å². The van der Waals surface area contributed by atoms with E-state index in [1.165, 1.54) is 48.5 Å². The summed E-state index contributed by atoms with van der Waals surface area (Å²) >= 11 is 7.18. The van der Waals surface area contributed by atoms with Gasteiger partial charge in [0.1, 0.15) is 0 Å². The Morgan fingerprint density at radius 2 is 1.96 bits per heavy atom. The summed E-state index contributed by atoms with van der Waals surface area (Å²) in [6.45, 7) is 0.769. The van der Waals surface area contributed by atoms with Crippen LogP contribution in [0.1, 0.15) is 32.1 Å². The minimum Gasteiger partial charge on any atom is -0.355 e. The van der Waals surface area contributed by atoms with E-state index in [1.807, 2.05) is 12.1 Å². The van der Waals surface area contributed by atoms with Crippen LogP contribution >= 0.6 is 23.4 Å². The number of amides is 1. The van der Waals surface area contributed by atoms with Crippen LogP contribution in [0.5, 0.6) is 0 Å². The Morgan fingerprint density at radius 3 is 2.68 bits per heavy atom. The highest BCUT2D eigenvalue weighted by Crippen LogP contribution is 2.24. The van der Waals surface area contributed by atoms with Crippen LogP contribution in [0, 0.1) is 5.92 Å². The zero-order chi connectivity index (χ0) is 17.6. The highest BCUT2D eigenvalue weighted by atomic mass is 35.5. The van der Waals surface area contributed by atoms with Crippen LogP contribution in [0.3, 0.4) is 0 Å². The van der Waals surface area contributed by atoms with Crippen LogP contribution in [0.4, 0.5) is 0 Å². The Kier molecular flexibility index (Phi) is 6.20. The van der Waals surface area contributed by atoms with Gasteiger partial charge in [-0.05, 0) is 43.0 Å². The van der Waals surface area contributed by atoms with Crippen molar-refractivity contribution < 1.29 is 4.79 Å². The molecule has 0 spiro atoms. The highest BCUT2D eigenvalue weighted by molar-refractivity contribution is 7.99. The van der Waals surface area contributed by atoms with Gasteiger partial charge in [-0.15, -0.1) is 10.2 Å². The van der Waals surface area contributed by atoms with E-state index in [4.69, 9.17) is 17.4 Å². The number of carbonyl (C=O) groups excluding carboxylic acids is 1. The molecule has 1 aliphatic rings. The molecule has 25 heavy (non-hydrogen) atoms. The number of benzene rings is 1. The van der Waals surface area contributed by atoms with E-state index in [0.717, 1.165) is 12.1 Å². The van der Waals surface area contributed by atoms with Gasteiger partial charge in [0.2, 0.25) is 11.1 Å². The van der Waals surface area contributed by atoms with Gasteiger partial charge in [0.15, 0.2) is 5.82 Å². The molecule has 2 aromatic rings. The van der Waals surface area contributed by atoms with Gasteiger partial charge in [-0.3, -0.25) is 4.79 Å². The summed E-state index contributed by atoms with van der Waals surface area (Å²) in [5.41, 5.74) is 0.827. The number of nitrogen functional groups attached to an aromatic ring is 1. The van der Waals surface area contributed by atoms with Crippen LogP contribution in [-0.2, 0) is 4.79 Å². The molecule has 0 atom stereocenters. The van der Waals surface area contributed by atoms with E-state index in [2.05, 4.69) is 15.5 Å². The maximum Gasteiger partial charge on any atom is 0.230 e. The summed E-state index contributed by atoms with van der Waals surface area (Å²) < 4.78 is 1.41. The Balaban J connectivity index is 1.51. The second-order valence-corrected chi connectivity index (χ2v) is 7.66. The molecule has 1 amide bonds. The van der Waals surface area contributed by atoms with E-state index in [9.17, 15) is 4.79 Å². The molecule has 1 aliphatic carbocycles. The number of nitrogens with one attached hydrogen (secondary N) is 1. The zero-order valence-electron chi connectivity index (χ0n) is 13.9. The number of nitrogens with zero attached hydrogens (tertiary/aromatic N) is 3. The molecule has 0 radical (unpaired) electrons. The van der Waals surface area contributed by atoms with Crippen LogP contribution in [-0.4, -0.2) is 33.1 Å². The molecule has 1 aromatic heterocycles. The Hall–Kier alpha value is -1.73. The van der Waals surface area contributed by atoms with Crippen LogP contribution in [0.2, 0.25) is 5.02 Å². The van der Waals surface area contributed by atoms with Gasteiger partial charge in [0, 0.05) is 17.1 Å². The maximum atomic E-state index is 12.0. The second kappa shape index (κ2) is 8.58. The number of hydrogen-bond donors (Lipinski definition) is 2. The third-order valence-corrected chi connectivity index (χ3v) is 5.61. The molecule has 1 saturated carbocycles. The number of hydrogen-bond acceptors (Lipinski definition) is 5. The molecular weight excluding hydrogens is 358 g/mol. The fourth-order valence-electron chi connectivity index (χ4n) is 3.00. The molecule has 1 aromatic carbocycles. The van der Waals surface area contributed by atoms with Crippen molar-refractivity contribution >= 4 is 29.3 Å². The van der Waals surface area contributed by atoms with Crippen molar-refractivity contribution in [1.82, 2.24) is 20.2 Å². The average Bonchev–Trinajstić information content (AvgIpc) is 3.00. The van der Waals surface area contributed by atoms with Gasteiger partial charge in [-0.1, -0.05) is 42.6 Å². The van der Waals surface area contributed by atoms with Crippen molar-refractivity contribution in [3.63, 3.8) is 0 Å². The molecule has 0 unspecified atom stereocenters. The number of nitrogens with two attached hydrogens (primary N) is 1. The second-order valence-electron chi connectivity index (χ2n) is 6.28. The van der Waals surface area contributed by atoms with Gasteiger partial charge in [0.05, 0.1) is 5.75 Å².